The van der Waals surface area contributed by atoms with Gasteiger partial charge in [-0.05, 0) is 16.8 Å². The summed E-state index contributed by atoms with van der Waals surface area (Å²) in [4.78, 5) is 0. The zero-order valence-corrected chi connectivity index (χ0v) is 9.49. The zero-order chi connectivity index (χ0) is 9.84. The van der Waals surface area contributed by atoms with Gasteiger partial charge in [-0.15, -0.1) is 0 Å². The second-order valence-electron chi connectivity index (χ2n) is 2.69. The zero-order valence-electron chi connectivity index (χ0n) is 7.92. The van der Waals surface area contributed by atoms with Crippen molar-refractivity contribution in [3.8, 4) is 0 Å². The van der Waals surface area contributed by atoms with Crippen molar-refractivity contribution in [2.45, 2.75) is 5.75 Å². The van der Waals surface area contributed by atoms with Gasteiger partial charge in [0.15, 0.2) is 0 Å². The summed E-state index contributed by atoms with van der Waals surface area (Å²) in [6, 6.07) is 7.11. The van der Waals surface area contributed by atoms with Crippen LogP contribution < -0.4 is 4.70 Å². The van der Waals surface area contributed by atoms with E-state index in [1.807, 2.05) is 6.07 Å². The van der Waals surface area contributed by atoms with E-state index in [0.29, 0.717) is 10.8 Å². The van der Waals surface area contributed by atoms with Crippen LogP contribution in [0.3, 0.4) is 0 Å². The summed E-state index contributed by atoms with van der Waals surface area (Å²) in [6.07, 6.45) is 1.55. The van der Waals surface area contributed by atoms with E-state index in [-0.39, 0.29) is 9.41 Å². The maximum absolute atomic E-state index is 12.2. The van der Waals surface area contributed by atoms with Gasteiger partial charge >= 0.3 is 6.55 Å². The quantitative estimate of drug-likeness (QED) is 0.413. The van der Waals surface area contributed by atoms with E-state index in [2.05, 4.69) is 0 Å². The summed E-state index contributed by atoms with van der Waals surface area (Å²) in [7, 11) is -0.901. The van der Waals surface area contributed by atoms with Gasteiger partial charge < -0.3 is 4.70 Å². The minimum Gasteiger partial charge on any atom is -1.00 e. The molecule has 0 spiro atoms. The van der Waals surface area contributed by atoms with E-state index in [9.17, 15) is 8.63 Å². The van der Waals surface area contributed by atoms with Crippen LogP contribution in [0.15, 0.2) is 24.3 Å². The third-order valence-corrected chi connectivity index (χ3v) is 3.39. The number of hydrogen-bond donors (Lipinski definition) is 0. The predicted octanol–water partition coefficient (Wildman–Crippen LogP) is 0.168. The van der Waals surface area contributed by atoms with Crippen molar-refractivity contribution in [3.63, 3.8) is 0 Å². The minimum atomic E-state index is -2.25. The van der Waals surface area contributed by atoms with E-state index < -0.39 is 17.3 Å². The van der Waals surface area contributed by atoms with Gasteiger partial charge in [0.2, 0.25) is 0 Å². The lowest BCUT2D eigenvalue weighted by molar-refractivity contribution is -0.00000485. The van der Waals surface area contributed by atoms with Crippen LogP contribution in [-0.2, 0) is 16.5 Å². The number of hydrogen-bond acceptors (Lipinski definition) is 0. The molecular weight excluding hydrogens is 250 g/mol. The molecule has 0 aliphatic heterocycles. The molecule has 1 aromatic carbocycles. The highest BCUT2D eigenvalue weighted by molar-refractivity contribution is 8.20. The molecule has 0 aliphatic rings. The average molecular weight is 260 g/mol. The summed E-state index contributed by atoms with van der Waals surface area (Å²) in [6.45, 7) is -2.25. The lowest BCUT2D eigenvalue weighted by atomic mass is 10.2. The van der Waals surface area contributed by atoms with Crippen molar-refractivity contribution in [1.82, 2.24) is 0 Å². The second kappa shape index (κ2) is 7.87. The molecular formula is C8H10BClF4S. The van der Waals surface area contributed by atoms with E-state index in [4.69, 9.17) is 11.6 Å². The molecule has 1 rings (SSSR count). The van der Waals surface area contributed by atoms with Crippen LogP contribution in [0.5, 0.6) is 0 Å². The van der Waals surface area contributed by atoms with Gasteiger partial charge in [-0.25, -0.2) is 8.63 Å². The standard InChI is InChI=1S/C8H9BClF2S.2FH/c1-13(9(11)12)6-7-4-2-3-5-8(7)10;;/h2-5H,6H2,1H3;2*1H/q+1;;/p-1. The first kappa shape index (κ1) is 17.1. The first-order valence-electron chi connectivity index (χ1n) is 3.74. The number of rotatable bonds is 3. The maximum Gasteiger partial charge on any atom is 0.836 e. The fourth-order valence-corrected chi connectivity index (χ4v) is 2.07. The molecule has 1 atom stereocenters. The lowest BCUT2D eigenvalue weighted by Gasteiger charge is -2.01. The normalized spacial score (nSPS) is 10.9. The Morgan fingerprint density at radius 1 is 1.33 bits per heavy atom. The number of halogens is 5. The molecule has 0 nitrogen and oxygen atoms in total. The van der Waals surface area contributed by atoms with Crippen LogP contribution in [0.2, 0.25) is 5.02 Å². The minimum absolute atomic E-state index is 0. The Morgan fingerprint density at radius 2 is 1.87 bits per heavy atom. The highest BCUT2D eigenvalue weighted by Gasteiger charge is 2.37. The van der Waals surface area contributed by atoms with E-state index in [1.165, 1.54) is 0 Å². The van der Waals surface area contributed by atoms with E-state index in [1.54, 1.807) is 24.5 Å². The lowest BCUT2D eigenvalue weighted by Crippen LogP contribution is -3.00. The van der Waals surface area contributed by atoms with Crippen molar-refractivity contribution in [3.05, 3.63) is 34.9 Å². The Kier molecular flexibility index (Phi) is 8.95. The van der Waals surface area contributed by atoms with Gasteiger partial charge in [0.1, 0.15) is 5.75 Å². The topological polar surface area (TPSA) is 0 Å². The molecule has 0 amide bonds. The highest BCUT2D eigenvalue weighted by atomic mass is 35.5. The average Bonchev–Trinajstić information content (AvgIpc) is 2.08. The summed E-state index contributed by atoms with van der Waals surface area (Å²) in [5.74, 6) is 0.358. The molecule has 1 aromatic rings. The molecule has 15 heavy (non-hydrogen) atoms. The van der Waals surface area contributed by atoms with Crippen molar-refractivity contribution in [2.75, 3.05) is 6.26 Å². The van der Waals surface area contributed by atoms with Crippen LogP contribution >= 0.6 is 11.6 Å². The predicted molar refractivity (Wildman–Crippen MR) is 58.9 cm³/mol. The van der Waals surface area contributed by atoms with Crippen LogP contribution in [0.4, 0.5) is 13.3 Å². The monoisotopic (exact) mass is 260 g/mol. The van der Waals surface area contributed by atoms with Gasteiger partial charge in [0.25, 0.3) is 0 Å². The van der Waals surface area contributed by atoms with Crippen LogP contribution in [0, 0.1) is 0 Å². The Morgan fingerprint density at radius 3 is 2.33 bits per heavy atom. The molecule has 7 heteroatoms. The van der Waals surface area contributed by atoms with Crippen molar-refractivity contribution in [2.24, 2.45) is 0 Å². The Labute approximate surface area is 94.2 Å². The summed E-state index contributed by atoms with van der Waals surface area (Å²) in [5.41, 5.74) is 0.801. The molecule has 0 fully saturated rings. The van der Waals surface area contributed by atoms with Crippen molar-refractivity contribution in [1.29, 1.82) is 0 Å². The summed E-state index contributed by atoms with van der Waals surface area (Å²) in [5, 5.41) is 0.572. The maximum atomic E-state index is 12.2. The molecule has 0 aliphatic carbocycles. The molecule has 0 aromatic heterocycles. The molecule has 0 heterocycles. The number of benzene rings is 1. The van der Waals surface area contributed by atoms with Crippen molar-refractivity contribution < 1.29 is 18.0 Å². The summed E-state index contributed by atoms with van der Waals surface area (Å²) < 4.78 is 24.4. The smallest absolute Gasteiger partial charge is 0.836 e. The Balaban J connectivity index is 0. The molecule has 0 bridgehead atoms. The first-order valence-corrected chi connectivity index (χ1v) is 5.98. The molecule has 1 unspecified atom stereocenters. The summed E-state index contributed by atoms with van der Waals surface area (Å²) >= 11 is 5.83. The molecule has 86 valence electrons. The fraction of sp³-hybridized carbons (Fsp3) is 0.250. The van der Waals surface area contributed by atoms with Gasteiger partial charge in [0.05, 0.1) is 6.26 Å². The van der Waals surface area contributed by atoms with E-state index in [0.717, 1.165) is 5.56 Å². The Bertz CT molecular complexity index is 287. The fourth-order valence-electron chi connectivity index (χ4n) is 0.924. The molecule has 0 saturated carbocycles. The van der Waals surface area contributed by atoms with Gasteiger partial charge in [-0.1, -0.05) is 29.8 Å². The van der Waals surface area contributed by atoms with Crippen LogP contribution in [0.1, 0.15) is 5.56 Å². The second-order valence-corrected chi connectivity index (χ2v) is 5.12. The van der Waals surface area contributed by atoms with Crippen LogP contribution in [0.25, 0.3) is 0 Å². The van der Waals surface area contributed by atoms with Gasteiger partial charge in [-0.2, -0.15) is 0 Å². The van der Waals surface area contributed by atoms with Crippen molar-refractivity contribution >= 4 is 28.9 Å². The van der Waals surface area contributed by atoms with E-state index >= 15 is 0 Å². The first-order chi connectivity index (χ1) is 6.11. The van der Waals surface area contributed by atoms with Gasteiger partial charge in [0, 0.05) is 10.6 Å². The van der Waals surface area contributed by atoms with Gasteiger partial charge in [-0.3, -0.25) is 4.70 Å². The highest BCUT2D eigenvalue weighted by Crippen LogP contribution is 2.19. The molecule has 0 N–H and O–H groups in total. The SMILES string of the molecule is C[S+](Cc1ccccc1Cl)B(F)F.F.[F-]. The third kappa shape index (κ3) is 5.32. The molecule has 0 saturated heterocycles. The Hall–Kier alpha value is -0.355. The third-order valence-electron chi connectivity index (χ3n) is 1.65. The van der Waals surface area contributed by atoms with Crippen LogP contribution in [-0.4, -0.2) is 12.8 Å². The largest absolute Gasteiger partial charge is 1.00 e. The molecule has 0 radical (unpaired) electrons.